The van der Waals surface area contributed by atoms with Gasteiger partial charge in [-0.25, -0.2) is 26.0 Å². The van der Waals surface area contributed by atoms with Gasteiger partial charge in [-0.2, -0.15) is 0 Å². The fraction of sp³-hybridized carbons (Fsp3) is 0.455. The first-order valence-electron chi connectivity index (χ1n) is 9.90. The van der Waals surface area contributed by atoms with Crippen LogP contribution in [0, 0.1) is 5.82 Å². The number of methoxy groups -OCH3 is 1. The molecule has 0 aliphatic heterocycles. The molecule has 32 heavy (non-hydrogen) atoms. The van der Waals surface area contributed by atoms with E-state index in [1.54, 1.807) is 59.1 Å². The van der Waals surface area contributed by atoms with E-state index in [1.807, 2.05) is 0 Å². The average Bonchev–Trinajstić information content (AvgIpc) is 2.69. The molecular weight excluding hydrogens is 519 g/mol. The molecule has 2 aromatic rings. The maximum absolute atomic E-state index is 14.8. The third-order valence-corrected chi connectivity index (χ3v) is 9.17. The van der Waals surface area contributed by atoms with Gasteiger partial charge in [-0.15, -0.1) is 0 Å². The standard InChI is InChI=1S/C22H30BrFN2O4S2/c1-21(2,3)31(27)25-22(4,19-13-17(23)9-12-20(19)24)15-32(28,29)26(5)14-16-7-10-18(30-6)11-8-16/h7-13,25H,14-15H2,1-6H3. The predicted octanol–water partition coefficient (Wildman–Crippen LogP) is 4.33. The Kier molecular flexibility index (Phi) is 8.66. The van der Waals surface area contributed by atoms with Crippen molar-refractivity contribution in [1.29, 1.82) is 0 Å². The van der Waals surface area contributed by atoms with E-state index < -0.39 is 42.9 Å². The Labute approximate surface area is 201 Å². The minimum atomic E-state index is -3.88. The third-order valence-electron chi connectivity index (χ3n) is 4.91. The Hall–Kier alpha value is -1.33. The number of rotatable bonds is 9. The summed E-state index contributed by atoms with van der Waals surface area (Å²) in [4.78, 5) is 0. The van der Waals surface area contributed by atoms with Gasteiger partial charge in [0, 0.05) is 23.6 Å². The van der Waals surface area contributed by atoms with Gasteiger partial charge in [0.15, 0.2) is 0 Å². The summed E-state index contributed by atoms with van der Waals surface area (Å²) in [5.41, 5.74) is -0.553. The predicted molar refractivity (Wildman–Crippen MR) is 131 cm³/mol. The Morgan fingerprint density at radius 1 is 1.12 bits per heavy atom. The Morgan fingerprint density at radius 3 is 2.25 bits per heavy atom. The van der Waals surface area contributed by atoms with Gasteiger partial charge in [0.2, 0.25) is 10.0 Å². The van der Waals surface area contributed by atoms with E-state index in [1.165, 1.54) is 29.6 Å². The van der Waals surface area contributed by atoms with Crippen LogP contribution < -0.4 is 9.46 Å². The van der Waals surface area contributed by atoms with Gasteiger partial charge in [-0.1, -0.05) is 28.1 Å². The van der Waals surface area contributed by atoms with Crippen molar-refractivity contribution in [1.82, 2.24) is 9.03 Å². The number of hydrogen-bond donors (Lipinski definition) is 1. The van der Waals surface area contributed by atoms with Crippen LogP contribution in [0.5, 0.6) is 5.75 Å². The van der Waals surface area contributed by atoms with E-state index >= 15 is 0 Å². The number of halogens is 2. The van der Waals surface area contributed by atoms with Crippen molar-refractivity contribution in [2.24, 2.45) is 0 Å². The largest absolute Gasteiger partial charge is 0.497 e. The summed E-state index contributed by atoms with van der Waals surface area (Å²) in [5.74, 6) is -0.394. The van der Waals surface area contributed by atoms with Crippen molar-refractivity contribution in [2.45, 2.75) is 44.5 Å². The molecule has 2 rings (SSSR count). The SMILES string of the molecule is COc1ccc(CN(C)S(=O)(=O)CC(C)(NS(=O)C(C)(C)C)c2cc(Br)ccc2F)cc1. The zero-order chi connectivity index (χ0) is 24.3. The molecule has 0 radical (unpaired) electrons. The quantitative estimate of drug-likeness (QED) is 0.506. The number of nitrogens with one attached hydrogen (secondary N) is 1. The van der Waals surface area contributed by atoms with E-state index in [4.69, 9.17) is 4.74 Å². The van der Waals surface area contributed by atoms with E-state index in [0.29, 0.717) is 10.2 Å². The van der Waals surface area contributed by atoms with Crippen LogP contribution in [-0.2, 0) is 33.1 Å². The first-order valence-corrected chi connectivity index (χ1v) is 13.5. The molecule has 178 valence electrons. The number of nitrogens with zero attached hydrogens (tertiary/aromatic N) is 1. The molecule has 0 aliphatic carbocycles. The van der Waals surface area contributed by atoms with Crippen LogP contribution in [0.2, 0.25) is 0 Å². The van der Waals surface area contributed by atoms with Crippen LogP contribution in [0.4, 0.5) is 4.39 Å². The second-order valence-corrected chi connectivity index (χ2v) is 13.8. The second kappa shape index (κ2) is 10.3. The maximum Gasteiger partial charge on any atom is 0.216 e. The lowest BCUT2D eigenvalue weighted by atomic mass is 9.95. The molecule has 6 nitrogen and oxygen atoms in total. The summed E-state index contributed by atoms with van der Waals surface area (Å²) < 4.78 is 63.5. The zero-order valence-electron chi connectivity index (χ0n) is 19.1. The van der Waals surface area contributed by atoms with Crippen molar-refractivity contribution in [3.05, 3.63) is 63.9 Å². The monoisotopic (exact) mass is 548 g/mol. The fourth-order valence-corrected chi connectivity index (χ4v) is 5.87. The topological polar surface area (TPSA) is 75.7 Å². The smallest absolute Gasteiger partial charge is 0.216 e. The van der Waals surface area contributed by atoms with Gasteiger partial charge in [-0.3, -0.25) is 0 Å². The van der Waals surface area contributed by atoms with Crippen LogP contribution in [0.1, 0.15) is 38.8 Å². The Morgan fingerprint density at radius 2 is 1.72 bits per heavy atom. The van der Waals surface area contributed by atoms with Crippen LogP contribution in [0.25, 0.3) is 0 Å². The molecule has 1 N–H and O–H groups in total. The van der Waals surface area contributed by atoms with E-state index in [0.717, 1.165) is 5.56 Å². The number of benzene rings is 2. The number of hydrogen-bond acceptors (Lipinski definition) is 4. The van der Waals surface area contributed by atoms with E-state index in [2.05, 4.69) is 20.7 Å². The lowest BCUT2D eigenvalue weighted by Gasteiger charge is -2.35. The molecule has 0 amide bonds. The molecule has 2 aromatic carbocycles. The molecule has 0 saturated carbocycles. The molecule has 2 unspecified atom stereocenters. The van der Waals surface area contributed by atoms with Gasteiger partial charge in [0.05, 0.1) is 34.1 Å². The van der Waals surface area contributed by atoms with Crippen LogP contribution in [-0.4, -0.2) is 41.6 Å². The average molecular weight is 550 g/mol. The molecule has 0 spiro atoms. The number of sulfonamides is 1. The van der Waals surface area contributed by atoms with Crippen molar-refractivity contribution in [3.63, 3.8) is 0 Å². The van der Waals surface area contributed by atoms with Crippen molar-refractivity contribution in [3.8, 4) is 5.75 Å². The van der Waals surface area contributed by atoms with Crippen LogP contribution in [0.3, 0.4) is 0 Å². The van der Waals surface area contributed by atoms with Crippen LogP contribution in [0.15, 0.2) is 46.9 Å². The molecule has 0 aliphatic rings. The minimum Gasteiger partial charge on any atom is -0.497 e. The lowest BCUT2D eigenvalue weighted by Crippen LogP contribution is -2.52. The Bertz CT molecular complexity index is 1070. The van der Waals surface area contributed by atoms with Gasteiger partial charge < -0.3 is 4.74 Å². The third kappa shape index (κ3) is 6.84. The summed E-state index contributed by atoms with van der Waals surface area (Å²) in [5, 5.41) is 0. The molecule has 10 heteroatoms. The van der Waals surface area contributed by atoms with Crippen molar-refractivity contribution in [2.75, 3.05) is 19.9 Å². The molecule has 0 fully saturated rings. The minimum absolute atomic E-state index is 0.117. The highest BCUT2D eigenvalue weighted by molar-refractivity contribution is 9.10. The highest BCUT2D eigenvalue weighted by atomic mass is 79.9. The van der Waals surface area contributed by atoms with E-state index in [9.17, 15) is 17.0 Å². The highest BCUT2D eigenvalue weighted by Gasteiger charge is 2.40. The molecule has 0 saturated heterocycles. The van der Waals surface area contributed by atoms with Crippen molar-refractivity contribution < 1.29 is 21.8 Å². The lowest BCUT2D eigenvalue weighted by molar-refractivity contribution is 0.413. The second-order valence-electron chi connectivity index (χ2n) is 8.80. The van der Waals surface area contributed by atoms with Gasteiger partial charge >= 0.3 is 0 Å². The molecular formula is C22H30BrFN2O4S2. The van der Waals surface area contributed by atoms with Gasteiger partial charge in [0.25, 0.3) is 0 Å². The molecule has 2 atom stereocenters. The van der Waals surface area contributed by atoms with Gasteiger partial charge in [-0.05, 0) is 63.6 Å². The van der Waals surface area contributed by atoms with Crippen molar-refractivity contribution >= 4 is 36.9 Å². The zero-order valence-corrected chi connectivity index (χ0v) is 22.3. The normalized spacial score (nSPS) is 15.4. The first kappa shape index (κ1) is 26.9. The maximum atomic E-state index is 14.8. The summed E-state index contributed by atoms with van der Waals surface area (Å²) in [7, 11) is -2.49. The summed E-state index contributed by atoms with van der Waals surface area (Å²) in [6, 6.07) is 11.4. The number of ether oxygens (including phenoxy) is 1. The fourth-order valence-electron chi connectivity index (χ4n) is 3.00. The van der Waals surface area contributed by atoms with Gasteiger partial charge in [0.1, 0.15) is 11.6 Å². The summed E-state index contributed by atoms with van der Waals surface area (Å²) >= 11 is 3.32. The molecule has 0 bridgehead atoms. The summed E-state index contributed by atoms with van der Waals surface area (Å²) in [6.07, 6.45) is 0. The first-order chi connectivity index (χ1) is 14.7. The highest BCUT2D eigenvalue weighted by Crippen LogP contribution is 2.31. The van der Waals surface area contributed by atoms with E-state index in [-0.39, 0.29) is 12.1 Å². The Balaban J connectivity index is 2.40. The molecule has 0 heterocycles. The summed E-state index contributed by atoms with van der Waals surface area (Å²) in [6.45, 7) is 6.97. The van der Waals surface area contributed by atoms with Crippen LogP contribution >= 0.6 is 15.9 Å². The molecule has 0 aromatic heterocycles.